The number of nitrogens with one attached hydrogen (secondary N) is 1. The van der Waals surface area contributed by atoms with Gasteiger partial charge < -0.3 is 10.4 Å². The van der Waals surface area contributed by atoms with E-state index >= 15 is 0 Å². The van der Waals surface area contributed by atoms with Crippen molar-refractivity contribution in [2.24, 2.45) is 0 Å². The Morgan fingerprint density at radius 1 is 1.35 bits per heavy atom. The van der Waals surface area contributed by atoms with Gasteiger partial charge in [0.25, 0.3) is 5.56 Å². The molecule has 0 aliphatic carbocycles. The van der Waals surface area contributed by atoms with Crippen molar-refractivity contribution in [3.05, 3.63) is 34.6 Å². The summed E-state index contributed by atoms with van der Waals surface area (Å²) in [4.78, 5) is 35.8. The molecule has 0 saturated carbocycles. The van der Waals surface area contributed by atoms with Crippen LogP contribution in [0.1, 0.15) is 32.7 Å². The highest BCUT2D eigenvalue weighted by Crippen LogP contribution is 2.13. The number of carboxylic acids is 1. The summed E-state index contributed by atoms with van der Waals surface area (Å²) in [7, 11) is 0. The fourth-order valence-electron chi connectivity index (χ4n) is 2.22. The summed E-state index contributed by atoms with van der Waals surface area (Å²) in [5, 5.41) is 19.4. The first-order chi connectivity index (χ1) is 11.0. The molecular weight excluding hydrogens is 300 g/mol. The van der Waals surface area contributed by atoms with E-state index in [0.717, 1.165) is 4.68 Å². The Hall–Kier alpha value is -2.77. The minimum Gasteiger partial charge on any atom is -0.480 e. The third-order valence-corrected chi connectivity index (χ3v) is 3.48. The first-order valence-electron chi connectivity index (χ1n) is 7.33. The summed E-state index contributed by atoms with van der Waals surface area (Å²) in [6, 6.07) is 4.78. The number of benzene rings is 1. The van der Waals surface area contributed by atoms with Crippen LogP contribution in [-0.2, 0) is 9.59 Å². The lowest BCUT2D eigenvalue weighted by Crippen LogP contribution is -2.45. The Balaban J connectivity index is 2.41. The van der Waals surface area contributed by atoms with Gasteiger partial charge in [-0.3, -0.25) is 14.4 Å². The molecule has 122 valence electrons. The third kappa shape index (κ3) is 3.53. The van der Waals surface area contributed by atoms with Gasteiger partial charge in [-0.15, -0.1) is 5.10 Å². The smallest absolute Gasteiger partial charge is 0.325 e. The molecule has 0 aliphatic rings. The van der Waals surface area contributed by atoms with Crippen LogP contribution in [-0.4, -0.2) is 38.0 Å². The quantitative estimate of drug-likeness (QED) is 0.811. The van der Waals surface area contributed by atoms with Crippen LogP contribution >= 0.6 is 0 Å². The first-order valence-corrected chi connectivity index (χ1v) is 7.33. The van der Waals surface area contributed by atoms with Crippen LogP contribution in [0, 0.1) is 0 Å². The van der Waals surface area contributed by atoms with Gasteiger partial charge in [0.1, 0.15) is 17.6 Å². The zero-order valence-corrected chi connectivity index (χ0v) is 12.9. The molecule has 0 aliphatic heterocycles. The number of hydrogen-bond donors (Lipinski definition) is 2. The molecule has 8 heteroatoms. The fraction of sp³-hybridized carbons (Fsp3) is 0.400. The predicted octanol–water partition coefficient (Wildman–Crippen LogP) is 0.722. The van der Waals surface area contributed by atoms with E-state index < -0.39 is 29.5 Å². The van der Waals surface area contributed by atoms with Crippen LogP contribution < -0.4 is 10.9 Å². The first kappa shape index (κ1) is 16.6. The molecule has 0 bridgehead atoms. The zero-order valence-electron chi connectivity index (χ0n) is 12.9. The molecule has 1 aromatic carbocycles. The highest BCUT2D eigenvalue weighted by Gasteiger charge is 2.26. The molecule has 23 heavy (non-hydrogen) atoms. The summed E-state index contributed by atoms with van der Waals surface area (Å²) in [6.07, 6.45) is 0.978. The molecule has 1 heterocycles. The normalized spacial score (nSPS) is 13.5. The van der Waals surface area contributed by atoms with Gasteiger partial charge in [-0.1, -0.05) is 30.7 Å². The molecule has 2 N–H and O–H groups in total. The van der Waals surface area contributed by atoms with Gasteiger partial charge in [-0.25, -0.2) is 0 Å². The third-order valence-electron chi connectivity index (χ3n) is 3.48. The van der Waals surface area contributed by atoms with Crippen LogP contribution in [0.5, 0.6) is 0 Å². The molecule has 1 aromatic heterocycles. The molecule has 2 aromatic rings. The average molecular weight is 318 g/mol. The second-order valence-electron chi connectivity index (χ2n) is 5.23. The minimum atomic E-state index is -1.15. The summed E-state index contributed by atoms with van der Waals surface area (Å²) >= 11 is 0. The Morgan fingerprint density at radius 3 is 2.70 bits per heavy atom. The standard InChI is InChI=1S/C15H18N4O4/c1-3-6-12(13(20)16-9(2)15(22)23)19-14(21)10-7-4-5-8-11(10)17-18-19/h4-5,7-9,12H,3,6H2,1-2H3,(H,16,20)(H,22,23). The maximum atomic E-state index is 12.5. The summed E-state index contributed by atoms with van der Waals surface area (Å²) in [6.45, 7) is 3.22. The molecule has 2 atom stereocenters. The van der Waals surface area contributed by atoms with Crippen LogP contribution in [0.2, 0.25) is 0 Å². The average Bonchev–Trinajstić information content (AvgIpc) is 2.53. The Kier molecular flexibility index (Phi) is 5.05. The topological polar surface area (TPSA) is 114 Å². The van der Waals surface area contributed by atoms with Gasteiger partial charge in [0.15, 0.2) is 0 Å². The zero-order chi connectivity index (χ0) is 17.0. The van der Waals surface area contributed by atoms with Gasteiger partial charge in [0.2, 0.25) is 5.91 Å². The summed E-state index contributed by atoms with van der Waals surface area (Å²) < 4.78 is 1.02. The van der Waals surface area contributed by atoms with Crippen molar-refractivity contribution < 1.29 is 14.7 Å². The monoisotopic (exact) mass is 318 g/mol. The number of hydrogen-bond acceptors (Lipinski definition) is 5. The van der Waals surface area contributed by atoms with Crippen molar-refractivity contribution in [3.63, 3.8) is 0 Å². The van der Waals surface area contributed by atoms with E-state index in [4.69, 9.17) is 5.11 Å². The number of nitrogens with zero attached hydrogens (tertiary/aromatic N) is 3. The minimum absolute atomic E-state index is 0.352. The molecule has 0 fully saturated rings. The highest BCUT2D eigenvalue weighted by molar-refractivity contribution is 5.86. The molecule has 2 rings (SSSR count). The Bertz CT molecular complexity index is 786. The number of aliphatic carboxylic acids is 1. The number of aromatic nitrogens is 3. The predicted molar refractivity (Wildman–Crippen MR) is 83.0 cm³/mol. The van der Waals surface area contributed by atoms with Gasteiger partial charge in [0.05, 0.1) is 5.39 Å². The van der Waals surface area contributed by atoms with Gasteiger partial charge >= 0.3 is 5.97 Å². The SMILES string of the molecule is CCCC(C(=O)NC(C)C(=O)O)n1nnc2ccccc2c1=O. The molecular formula is C15H18N4O4. The molecule has 8 nitrogen and oxygen atoms in total. The number of rotatable bonds is 6. The number of carboxylic acid groups (broad SMARTS) is 1. The van der Waals surface area contributed by atoms with Gasteiger partial charge in [-0.05, 0) is 25.5 Å². The molecule has 0 saturated heterocycles. The molecule has 0 spiro atoms. The second-order valence-corrected chi connectivity index (χ2v) is 5.23. The lowest BCUT2D eigenvalue weighted by molar-refractivity contribution is -0.141. The van der Waals surface area contributed by atoms with Crippen LogP contribution in [0.3, 0.4) is 0 Å². The molecule has 1 amide bonds. The van der Waals surface area contributed by atoms with Crippen LogP contribution in [0.15, 0.2) is 29.1 Å². The van der Waals surface area contributed by atoms with Gasteiger partial charge in [-0.2, -0.15) is 4.68 Å². The lowest BCUT2D eigenvalue weighted by Gasteiger charge is -2.18. The van der Waals surface area contributed by atoms with E-state index in [-0.39, 0.29) is 0 Å². The van der Waals surface area contributed by atoms with E-state index in [1.165, 1.54) is 6.92 Å². The maximum Gasteiger partial charge on any atom is 0.325 e. The van der Waals surface area contributed by atoms with Crippen molar-refractivity contribution in [1.82, 2.24) is 20.3 Å². The fourth-order valence-corrected chi connectivity index (χ4v) is 2.22. The highest BCUT2D eigenvalue weighted by atomic mass is 16.4. The van der Waals surface area contributed by atoms with Crippen LogP contribution in [0.25, 0.3) is 10.9 Å². The Labute approximate surface area is 132 Å². The number of carbonyl (C=O) groups excluding carboxylic acids is 1. The van der Waals surface area contributed by atoms with Crippen molar-refractivity contribution in [1.29, 1.82) is 0 Å². The van der Waals surface area contributed by atoms with Crippen LogP contribution in [0.4, 0.5) is 0 Å². The number of amides is 1. The maximum absolute atomic E-state index is 12.5. The number of carbonyl (C=O) groups is 2. The van der Waals surface area contributed by atoms with Crippen molar-refractivity contribution in [2.45, 2.75) is 38.8 Å². The number of fused-ring (bicyclic) bond motifs is 1. The van der Waals surface area contributed by atoms with E-state index in [0.29, 0.717) is 23.7 Å². The van der Waals surface area contributed by atoms with E-state index in [9.17, 15) is 14.4 Å². The molecule has 0 radical (unpaired) electrons. The summed E-state index contributed by atoms with van der Waals surface area (Å²) in [5.41, 5.74) is 0.0236. The van der Waals surface area contributed by atoms with E-state index in [2.05, 4.69) is 15.6 Å². The second kappa shape index (κ2) is 6.99. The van der Waals surface area contributed by atoms with Crippen molar-refractivity contribution >= 4 is 22.8 Å². The van der Waals surface area contributed by atoms with E-state index in [1.807, 2.05) is 6.92 Å². The van der Waals surface area contributed by atoms with Gasteiger partial charge in [0, 0.05) is 0 Å². The van der Waals surface area contributed by atoms with Crippen molar-refractivity contribution in [2.75, 3.05) is 0 Å². The lowest BCUT2D eigenvalue weighted by atomic mass is 10.1. The Morgan fingerprint density at radius 2 is 2.04 bits per heavy atom. The summed E-state index contributed by atoms with van der Waals surface area (Å²) in [5.74, 6) is -1.71. The molecule has 2 unspecified atom stereocenters. The van der Waals surface area contributed by atoms with E-state index in [1.54, 1.807) is 24.3 Å². The largest absolute Gasteiger partial charge is 0.480 e. The van der Waals surface area contributed by atoms with Crippen molar-refractivity contribution in [3.8, 4) is 0 Å².